The Morgan fingerprint density at radius 1 is 1.06 bits per heavy atom. The molecule has 11 nitrogen and oxygen atoms in total. The maximum absolute atomic E-state index is 13.9. The van der Waals surface area contributed by atoms with Crippen LogP contribution < -0.4 is 20.7 Å². The zero-order valence-electron chi connectivity index (χ0n) is 28.2. The van der Waals surface area contributed by atoms with Gasteiger partial charge in [0.05, 0.1) is 11.9 Å². The van der Waals surface area contributed by atoms with E-state index in [9.17, 15) is 24.3 Å². The molecule has 1 unspecified atom stereocenters. The van der Waals surface area contributed by atoms with Crippen molar-refractivity contribution in [3.05, 3.63) is 72.4 Å². The maximum Gasteiger partial charge on any atom is 0.258 e. The first kappa shape index (κ1) is 37.0. The predicted octanol–water partition coefficient (Wildman–Crippen LogP) is 3.14. The second-order valence-electron chi connectivity index (χ2n) is 13.3. The van der Waals surface area contributed by atoms with Gasteiger partial charge in [0.15, 0.2) is 12.7 Å². The lowest BCUT2D eigenvalue weighted by atomic mass is 9.96. The van der Waals surface area contributed by atoms with Crippen LogP contribution in [0.15, 0.2) is 66.9 Å². The van der Waals surface area contributed by atoms with Crippen LogP contribution in [0.2, 0.25) is 0 Å². The van der Waals surface area contributed by atoms with Gasteiger partial charge in [-0.05, 0) is 65.0 Å². The molecule has 4 rings (SSSR count). The molecule has 13 heteroatoms. The minimum Gasteiger partial charge on any atom is -0.481 e. The predicted molar refractivity (Wildman–Crippen MR) is 191 cm³/mol. The summed E-state index contributed by atoms with van der Waals surface area (Å²) in [6.45, 7) is 9.03. The molecule has 3 aromatic rings. The zero-order chi connectivity index (χ0) is 35.1. The average Bonchev–Trinajstić information content (AvgIpc) is 3.36. The van der Waals surface area contributed by atoms with Crippen molar-refractivity contribution >= 4 is 58.1 Å². The fourth-order valence-corrected chi connectivity index (χ4v) is 7.22. The number of thioether (sulfide) groups is 2. The molecule has 1 saturated heterocycles. The van der Waals surface area contributed by atoms with E-state index in [1.54, 1.807) is 18.5 Å². The Kier molecular flexibility index (Phi) is 12.4. The van der Waals surface area contributed by atoms with Crippen LogP contribution in [0, 0.1) is 0 Å². The lowest BCUT2D eigenvalue weighted by Crippen LogP contribution is -2.61. The molecule has 0 saturated carbocycles. The molecular weight excluding hydrogens is 651 g/mol. The van der Waals surface area contributed by atoms with Crippen molar-refractivity contribution in [3.63, 3.8) is 0 Å². The summed E-state index contributed by atoms with van der Waals surface area (Å²) < 4.78 is 5.15. The van der Waals surface area contributed by atoms with Gasteiger partial charge in [-0.15, -0.1) is 11.8 Å². The molecule has 2 aromatic carbocycles. The van der Waals surface area contributed by atoms with E-state index in [0.29, 0.717) is 11.3 Å². The van der Waals surface area contributed by atoms with Crippen molar-refractivity contribution in [2.24, 2.45) is 0 Å². The summed E-state index contributed by atoms with van der Waals surface area (Å²) in [5.41, 5.74) is 0.882. The van der Waals surface area contributed by atoms with Gasteiger partial charge in [-0.2, -0.15) is 11.8 Å². The van der Waals surface area contributed by atoms with E-state index in [-0.39, 0.29) is 30.6 Å². The van der Waals surface area contributed by atoms with E-state index < -0.39 is 52.2 Å². The van der Waals surface area contributed by atoms with Gasteiger partial charge in [0.25, 0.3) is 11.8 Å². The number of carbonyl (C=O) groups is 4. The Morgan fingerprint density at radius 3 is 2.46 bits per heavy atom. The average molecular weight is 696 g/mol. The van der Waals surface area contributed by atoms with E-state index in [1.165, 1.54) is 28.4 Å². The highest BCUT2D eigenvalue weighted by atomic mass is 32.2. The van der Waals surface area contributed by atoms with Gasteiger partial charge in [-0.3, -0.25) is 24.2 Å². The molecule has 0 radical (unpaired) electrons. The summed E-state index contributed by atoms with van der Waals surface area (Å²) in [6.07, 6.45) is 1.92. The Balaban J connectivity index is 1.50. The van der Waals surface area contributed by atoms with E-state index in [4.69, 9.17) is 4.74 Å². The molecule has 258 valence electrons. The van der Waals surface area contributed by atoms with Crippen molar-refractivity contribution in [3.8, 4) is 5.75 Å². The summed E-state index contributed by atoms with van der Waals surface area (Å²) >= 11 is 2.81. The molecule has 0 spiro atoms. The molecule has 1 fully saturated rings. The lowest BCUT2D eigenvalue weighted by molar-refractivity contribution is -0.148. The highest BCUT2D eigenvalue weighted by Crippen LogP contribution is 2.40. The third kappa shape index (κ3) is 9.64. The van der Waals surface area contributed by atoms with Gasteiger partial charge in [0, 0.05) is 27.6 Å². The second-order valence-corrected chi connectivity index (χ2v) is 15.8. The van der Waals surface area contributed by atoms with Crippen LogP contribution in [-0.4, -0.2) is 97.6 Å². The number of ether oxygens (including phenoxy) is 1. The number of carbonyl (C=O) groups excluding carboxylic acids is 4. The zero-order valence-corrected chi connectivity index (χ0v) is 29.8. The third-order valence-electron chi connectivity index (χ3n) is 7.78. The standard InChI is InChI=1S/C35H45N5O6S2/c1-34(2,3)39-32(44)30-35(4,5)48-21-40(30)33(45)29(42)24(18-22-12-8-7-9-13-22)38-31(43)25(20-47-6)37-27(41)19-46-26-16-10-14-23-15-11-17-36-28(23)26/h7-17,24-25,29-30,42H,18-21H2,1-6H3,(H,37,41)(H,38,43)(H,39,44)/t24-,25-,29-,30?/m0/s1. The topological polar surface area (TPSA) is 150 Å². The number of hydrogen-bond donors (Lipinski definition) is 4. The van der Waals surface area contributed by atoms with Crippen LogP contribution in [0.5, 0.6) is 5.75 Å². The molecule has 4 atom stereocenters. The molecule has 2 heterocycles. The number of nitrogens with one attached hydrogen (secondary N) is 3. The first-order valence-electron chi connectivity index (χ1n) is 15.7. The quantitative estimate of drug-likeness (QED) is 0.212. The largest absolute Gasteiger partial charge is 0.481 e. The smallest absolute Gasteiger partial charge is 0.258 e. The Morgan fingerprint density at radius 2 is 1.77 bits per heavy atom. The van der Waals surface area contributed by atoms with Crippen molar-refractivity contribution in [1.29, 1.82) is 0 Å². The van der Waals surface area contributed by atoms with Crippen LogP contribution in [0.4, 0.5) is 0 Å². The Bertz CT molecular complexity index is 1590. The number of para-hydroxylation sites is 1. The fraction of sp³-hybridized carbons (Fsp3) is 0.457. The highest BCUT2D eigenvalue weighted by Gasteiger charge is 2.50. The maximum atomic E-state index is 13.9. The summed E-state index contributed by atoms with van der Waals surface area (Å²) in [5.74, 6) is -1.17. The monoisotopic (exact) mass is 695 g/mol. The molecule has 1 aromatic heterocycles. The summed E-state index contributed by atoms with van der Waals surface area (Å²) in [7, 11) is 0. The fourth-order valence-electron chi connectivity index (χ4n) is 5.51. The van der Waals surface area contributed by atoms with Gasteiger partial charge in [0.2, 0.25) is 11.8 Å². The molecule has 4 N–H and O–H groups in total. The van der Waals surface area contributed by atoms with Crippen LogP contribution in [-0.2, 0) is 25.6 Å². The number of rotatable bonds is 13. The number of aliphatic hydroxyl groups excluding tert-OH is 1. The number of fused-ring (bicyclic) bond motifs is 1. The van der Waals surface area contributed by atoms with Crippen LogP contribution in [0.3, 0.4) is 0 Å². The SMILES string of the molecule is CSC[C@H](NC(=O)COc1cccc2cccnc12)C(=O)N[C@@H](Cc1ccccc1)[C@H](O)C(=O)N1CSC(C)(C)C1C(=O)NC(C)(C)C. The Labute approximate surface area is 290 Å². The van der Waals surface area contributed by atoms with Crippen molar-refractivity contribution in [1.82, 2.24) is 25.8 Å². The van der Waals surface area contributed by atoms with Gasteiger partial charge >= 0.3 is 0 Å². The minimum atomic E-state index is -1.67. The highest BCUT2D eigenvalue weighted by molar-refractivity contribution is 8.00. The first-order valence-corrected chi connectivity index (χ1v) is 18.1. The number of hydrogen-bond acceptors (Lipinski definition) is 9. The summed E-state index contributed by atoms with van der Waals surface area (Å²) in [6, 6.07) is 15.4. The molecule has 1 aliphatic heterocycles. The van der Waals surface area contributed by atoms with Crippen LogP contribution in [0.1, 0.15) is 40.2 Å². The molecule has 1 aliphatic rings. The Hall–Kier alpha value is -3.81. The van der Waals surface area contributed by atoms with E-state index >= 15 is 0 Å². The summed E-state index contributed by atoms with van der Waals surface area (Å²) in [4.78, 5) is 59.8. The number of nitrogens with zero attached hydrogens (tertiary/aromatic N) is 2. The number of amides is 4. The second kappa shape index (κ2) is 16.1. The summed E-state index contributed by atoms with van der Waals surface area (Å²) in [5, 5.41) is 21.0. The van der Waals surface area contributed by atoms with Crippen molar-refractivity contribution < 1.29 is 29.0 Å². The number of pyridine rings is 1. The molecular formula is C35H45N5O6S2. The normalized spacial score (nSPS) is 17.6. The third-order valence-corrected chi connectivity index (χ3v) is 9.82. The lowest BCUT2D eigenvalue weighted by Gasteiger charge is -2.35. The van der Waals surface area contributed by atoms with E-state index in [0.717, 1.165) is 10.9 Å². The van der Waals surface area contributed by atoms with E-state index in [2.05, 4.69) is 20.9 Å². The number of aliphatic hydroxyl groups is 1. The first-order chi connectivity index (χ1) is 22.7. The van der Waals surface area contributed by atoms with E-state index in [1.807, 2.05) is 89.2 Å². The molecule has 48 heavy (non-hydrogen) atoms. The molecule has 0 aliphatic carbocycles. The van der Waals surface area contributed by atoms with Gasteiger partial charge in [-0.25, -0.2) is 0 Å². The van der Waals surface area contributed by atoms with Crippen molar-refractivity contribution in [2.45, 2.75) is 75.6 Å². The van der Waals surface area contributed by atoms with Crippen LogP contribution in [0.25, 0.3) is 10.9 Å². The van der Waals surface area contributed by atoms with Gasteiger partial charge in [0.1, 0.15) is 23.3 Å². The van der Waals surface area contributed by atoms with Gasteiger partial charge < -0.3 is 30.7 Å². The molecule has 0 bridgehead atoms. The van der Waals surface area contributed by atoms with Crippen molar-refractivity contribution in [2.75, 3.05) is 24.5 Å². The van der Waals surface area contributed by atoms with Crippen LogP contribution >= 0.6 is 23.5 Å². The van der Waals surface area contributed by atoms with Gasteiger partial charge in [-0.1, -0.05) is 48.5 Å². The molecule has 4 amide bonds. The number of aromatic nitrogens is 1. The minimum absolute atomic E-state index is 0.139. The number of benzene rings is 2.